The zero-order valence-corrected chi connectivity index (χ0v) is 13.1. The lowest BCUT2D eigenvalue weighted by molar-refractivity contribution is -0.0119. The molecule has 1 aromatic rings. The molecule has 0 amide bonds. The third-order valence-corrected chi connectivity index (χ3v) is 3.71. The molecule has 3 rings (SSSR count). The number of hydrogen-bond acceptors (Lipinski definition) is 5. The standard InChI is InChI=1S/C15H20FN5.ClH/c16-21-14(20-10-8-17-9-11-20)6-7-18-15(21)19-12-13-4-2-1-3-5-13;/h1-7,14,17H,8-12H2,(H,18,19);1H. The van der Waals surface area contributed by atoms with Crippen LogP contribution in [0.5, 0.6) is 0 Å². The fraction of sp³-hybridized carbons (Fsp3) is 0.400. The molecule has 22 heavy (non-hydrogen) atoms. The van der Waals surface area contributed by atoms with Crippen molar-refractivity contribution >= 4 is 18.4 Å². The van der Waals surface area contributed by atoms with E-state index in [1.165, 1.54) is 0 Å². The number of benzene rings is 1. The van der Waals surface area contributed by atoms with Gasteiger partial charge in [0.05, 0.1) is 0 Å². The molecule has 1 atom stereocenters. The van der Waals surface area contributed by atoms with Crippen molar-refractivity contribution in [3.63, 3.8) is 0 Å². The van der Waals surface area contributed by atoms with Crippen LogP contribution in [0.2, 0.25) is 0 Å². The van der Waals surface area contributed by atoms with Crippen LogP contribution in [0.1, 0.15) is 5.56 Å². The van der Waals surface area contributed by atoms with Crippen molar-refractivity contribution in [2.24, 2.45) is 4.99 Å². The fourth-order valence-corrected chi connectivity index (χ4v) is 2.56. The van der Waals surface area contributed by atoms with E-state index in [4.69, 9.17) is 0 Å². The highest BCUT2D eigenvalue weighted by Gasteiger charge is 2.29. The molecule has 1 saturated heterocycles. The average Bonchev–Trinajstić information content (AvgIpc) is 2.56. The van der Waals surface area contributed by atoms with E-state index in [1.54, 1.807) is 12.3 Å². The Labute approximate surface area is 136 Å². The minimum Gasteiger partial charge on any atom is -0.350 e. The summed E-state index contributed by atoms with van der Waals surface area (Å²) in [5.74, 6) is 0.268. The Morgan fingerprint density at radius 3 is 2.68 bits per heavy atom. The van der Waals surface area contributed by atoms with Crippen LogP contribution in [0, 0.1) is 0 Å². The molecule has 0 saturated carbocycles. The van der Waals surface area contributed by atoms with Crippen molar-refractivity contribution in [1.82, 2.24) is 20.7 Å². The molecular formula is C15H21ClFN5. The molecule has 2 heterocycles. The first-order valence-corrected chi connectivity index (χ1v) is 7.26. The first kappa shape index (κ1) is 16.7. The topological polar surface area (TPSA) is 42.9 Å². The Hall–Kier alpha value is -1.63. The van der Waals surface area contributed by atoms with Crippen LogP contribution in [0.3, 0.4) is 0 Å². The molecule has 5 nitrogen and oxygen atoms in total. The van der Waals surface area contributed by atoms with Gasteiger partial charge in [0.25, 0.3) is 0 Å². The number of rotatable bonds is 3. The summed E-state index contributed by atoms with van der Waals surface area (Å²) in [5, 5.41) is 7.05. The van der Waals surface area contributed by atoms with E-state index in [9.17, 15) is 4.48 Å². The van der Waals surface area contributed by atoms with Gasteiger partial charge in [-0.25, -0.2) is 4.99 Å². The molecular weight excluding hydrogens is 305 g/mol. The largest absolute Gasteiger partial charge is 0.350 e. The number of nitrogens with zero attached hydrogens (tertiary/aromatic N) is 3. The van der Waals surface area contributed by atoms with Gasteiger partial charge in [-0.1, -0.05) is 34.8 Å². The van der Waals surface area contributed by atoms with Gasteiger partial charge in [0.2, 0.25) is 5.96 Å². The zero-order chi connectivity index (χ0) is 14.5. The Morgan fingerprint density at radius 2 is 1.95 bits per heavy atom. The third-order valence-electron chi connectivity index (χ3n) is 3.71. The van der Waals surface area contributed by atoms with Crippen LogP contribution in [-0.4, -0.2) is 48.3 Å². The van der Waals surface area contributed by atoms with Gasteiger partial charge in [-0.15, -0.1) is 12.4 Å². The van der Waals surface area contributed by atoms with Gasteiger partial charge in [0, 0.05) is 38.9 Å². The molecule has 2 aliphatic rings. The predicted molar refractivity (Wildman–Crippen MR) is 88.3 cm³/mol. The van der Waals surface area contributed by atoms with E-state index in [2.05, 4.69) is 20.5 Å². The second-order valence-electron chi connectivity index (χ2n) is 5.14. The van der Waals surface area contributed by atoms with E-state index < -0.39 is 0 Å². The average molecular weight is 326 g/mol. The van der Waals surface area contributed by atoms with Crippen molar-refractivity contribution in [2.45, 2.75) is 12.7 Å². The molecule has 0 bridgehead atoms. The summed E-state index contributed by atoms with van der Waals surface area (Å²) in [7, 11) is 0. The Balaban J connectivity index is 0.00000176. The lowest BCUT2D eigenvalue weighted by atomic mass is 10.2. The Morgan fingerprint density at radius 1 is 1.23 bits per heavy atom. The van der Waals surface area contributed by atoms with E-state index in [-0.39, 0.29) is 24.5 Å². The second-order valence-corrected chi connectivity index (χ2v) is 5.14. The van der Waals surface area contributed by atoms with E-state index >= 15 is 0 Å². The first-order chi connectivity index (χ1) is 10.3. The number of nitrogens with one attached hydrogen (secondary N) is 2. The van der Waals surface area contributed by atoms with Crippen LogP contribution < -0.4 is 10.6 Å². The molecule has 7 heteroatoms. The highest BCUT2D eigenvalue weighted by atomic mass is 35.5. The molecule has 0 aromatic heterocycles. The molecule has 1 aromatic carbocycles. The predicted octanol–water partition coefficient (Wildman–Crippen LogP) is 1.50. The molecule has 2 aliphatic heterocycles. The van der Waals surface area contributed by atoms with Crippen LogP contribution >= 0.6 is 12.4 Å². The van der Waals surface area contributed by atoms with Crippen LogP contribution in [0.25, 0.3) is 0 Å². The van der Waals surface area contributed by atoms with Crippen LogP contribution in [0.15, 0.2) is 47.6 Å². The lowest BCUT2D eigenvalue weighted by Crippen LogP contribution is -2.56. The number of aliphatic imine (C=N–C) groups is 1. The van der Waals surface area contributed by atoms with Crippen LogP contribution in [-0.2, 0) is 6.54 Å². The van der Waals surface area contributed by atoms with Gasteiger partial charge in [-0.3, -0.25) is 4.90 Å². The molecule has 120 valence electrons. The number of hydrogen-bond donors (Lipinski definition) is 2. The van der Waals surface area contributed by atoms with Crippen molar-refractivity contribution in [1.29, 1.82) is 0 Å². The molecule has 1 fully saturated rings. The van der Waals surface area contributed by atoms with E-state index in [1.807, 2.05) is 30.3 Å². The maximum atomic E-state index is 14.5. The van der Waals surface area contributed by atoms with Crippen molar-refractivity contribution in [3.05, 3.63) is 48.2 Å². The molecule has 0 spiro atoms. The SMILES string of the molecule is Cl.FN1C(NCc2ccccc2)=NC=CC1N1CCNCC1. The summed E-state index contributed by atoms with van der Waals surface area (Å²) in [6.07, 6.45) is 3.10. The van der Waals surface area contributed by atoms with Gasteiger partial charge in [-0.05, 0) is 11.6 Å². The summed E-state index contributed by atoms with van der Waals surface area (Å²) >= 11 is 0. The number of piperazine rings is 1. The maximum absolute atomic E-state index is 14.5. The van der Waals surface area contributed by atoms with E-state index in [0.717, 1.165) is 31.7 Å². The third kappa shape index (κ3) is 3.97. The van der Waals surface area contributed by atoms with Gasteiger partial charge < -0.3 is 10.6 Å². The summed E-state index contributed by atoms with van der Waals surface area (Å²) in [5.41, 5.74) is 1.10. The number of guanidine groups is 1. The number of halogens is 2. The van der Waals surface area contributed by atoms with Gasteiger partial charge in [0.15, 0.2) is 0 Å². The molecule has 1 unspecified atom stereocenters. The fourth-order valence-electron chi connectivity index (χ4n) is 2.56. The van der Waals surface area contributed by atoms with Gasteiger partial charge in [-0.2, -0.15) is 5.12 Å². The quantitative estimate of drug-likeness (QED) is 0.827. The van der Waals surface area contributed by atoms with Gasteiger partial charge >= 0.3 is 0 Å². The molecule has 0 aliphatic carbocycles. The van der Waals surface area contributed by atoms with Crippen molar-refractivity contribution in [3.8, 4) is 0 Å². The smallest absolute Gasteiger partial charge is 0.229 e. The summed E-state index contributed by atoms with van der Waals surface area (Å²) in [6, 6.07) is 9.91. The lowest BCUT2D eigenvalue weighted by Gasteiger charge is -2.37. The van der Waals surface area contributed by atoms with Crippen LogP contribution in [0.4, 0.5) is 4.48 Å². The summed E-state index contributed by atoms with van der Waals surface area (Å²) in [4.78, 5) is 6.21. The Kier molecular flexibility index (Phi) is 6.18. The highest BCUT2D eigenvalue weighted by Crippen LogP contribution is 2.14. The molecule has 0 radical (unpaired) electrons. The summed E-state index contributed by atoms with van der Waals surface area (Å²) < 4.78 is 14.5. The normalized spacial score (nSPS) is 22.0. The summed E-state index contributed by atoms with van der Waals surface area (Å²) in [6.45, 7) is 4.01. The minimum absolute atomic E-state index is 0. The minimum atomic E-state index is -0.372. The van der Waals surface area contributed by atoms with Crippen molar-refractivity contribution in [2.75, 3.05) is 26.2 Å². The van der Waals surface area contributed by atoms with E-state index in [0.29, 0.717) is 11.7 Å². The molecule has 2 N–H and O–H groups in total. The maximum Gasteiger partial charge on any atom is 0.229 e. The zero-order valence-electron chi connectivity index (χ0n) is 12.3. The van der Waals surface area contributed by atoms with Crippen molar-refractivity contribution < 1.29 is 4.48 Å². The Bertz CT molecular complexity index is 516. The monoisotopic (exact) mass is 325 g/mol. The first-order valence-electron chi connectivity index (χ1n) is 7.26. The van der Waals surface area contributed by atoms with Gasteiger partial charge in [0.1, 0.15) is 6.17 Å². The highest BCUT2D eigenvalue weighted by molar-refractivity contribution is 5.85. The second kappa shape index (κ2) is 8.12.